The first kappa shape index (κ1) is 19.2. The van der Waals surface area contributed by atoms with Gasteiger partial charge in [-0.05, 0) is 25.5 Å². The predicted molar refractivity (Wildman–Crippen MR) is 115 cm³/mol. The van der Waals surface area contributed by atoms with Crippen molar-refractivity contribution in [2.75, 3.05) is 19.6 Å². The average Bonchev–Trinajstić information content (AvgIpc) is 3.06. The molecule has 1 aliphatic heterocycles. The number of benzene rings is 2. The number of hydrogen-bond donors (Lipinski definition) is 0. The number of hydrogen-bond acceptors (Lipinski definition) is 2. The smallest absolute Gasteiger partial charge is 0.256 e. The largest absolute Gasteiger partial charge is 0.342 e. The third-order valence-electron chi connectivity index (χ3n) is 5.81. The highest BCUT2D eigenvalue weighted by molar-refractivity contribution is 6.07. The van der Waals surface area contributed by atoms with E-state index in [1.165, 1.54) is 5.56 Å². The number of rotatable bonds is 3. The van der Waals surface area contributed by atoms with Gasteiger partial charge in [-0.3, -0.25) is 9.59 Å². The Morgan fingerprint density at radius 1 is 0.966 bits per heavy atom. The fourth-order valence-corrected chi connectivity index (χ4v) is 4.27. The number of nitrogens with zero attached hydrogens (tertiary/aromatic N) is 3. The lowest BCUT2D eigenvalue weighted by Crippen LogP contribution is -2.61. The first-order chi connectivity index (χ1) is 13.9. The number of aromatic nitrogens is 1. The van der Waals surface area contributed by atoms with Crippen LogP contribution in [-0.4, -0.2) is 51.4 Å². The first-order valence-corrected chi connectivity index (χ1v) is 10.1. The van der Waals surface area contributed by atoms with Gasteiger partial charge in [-0.25, -0.2) is 0 Å². The van der Waals surface area contributed by atoms with Crippen molar-refractivity contribution in [3.63, 3.8) is 0 Å². The van der Waals surface area contributed by atoms with Crippen molar-refractivity contribution < 1.29 is 9.59 Å². The van der Waals surface area contributed by atoms with Crippen molar-refractivity contribution in [1.82, 2.24) is 14.4 Å². The van der Waals surface area contributed by atoms with Crippen LogP contribution in [0.5, 0.6) is 0 Å². The Morgan fingerprint density at radius 2 is 1.66 bits per heavy atom. The molecule has 5 heteroatoms. The fraction of sp³-hybridized carbons (Fsp3) is 0.333. The molecule has 0 spiro atoms. The van der Waals surface area contributed by atoms with Crippen molar-refractivity contribution in [3.05, 3.63) is 71.9 Å². The number of piperazine rings is 1. The second-order valence-corrected chi connectivity index (χ2v) is 8.38. The molecule has 0 aliphatic carbocycles. The fourth-order valence-electron chi connectivity index (χ4n) is 4.27. The molecule has 0 radical (unpaired) electrons. The molecule has 0 unspecified atom stereocenters. The highest BCUT2D eigenvalue weighted by Gasteiger charge is 2.38. The highest BCUT2D eigenvalue weighted by Crippen LogP contribution is 2.28. The maximum Gasteiger partial charge on any atom is 0.256 e. The summed E-state index contributed by atoms with van der Waals surface area (Å²) in [5.74, 6) is 0.0888. The van der Waals surface area contributed by atoms with Gasteiger partial charge in [-0.2, -0.15) is 0 Å². The van der Waals surface area contributed by atoms with Crippen molar-refractivity contribution in [3.8, 4) is 0 Å². The van der Waals surface area contributed by atoms with Gasteiger partial charge in [0.05, 0.1) is 11.1 Å². The number of fused-ring (bicyclic) bond motifs is 1. The van der Waals surface area contributed by atoms with Gasteiger partial charge in [-0.15, -0.1) is 0 Å². The molecule has 3 aromatic rings. The molecule has 2 amide bonds. The summed E-state index contributed by atoms with van der Waals surface area (Å²) in [5.41, 5.74) is 2.56. The molecule has 4 rings (SSSR count). The molecule has 0 atom stereocenters. The Bertz CT molecular complexity index is 1050. The van der Waals surface area contributed by atoms with Crippen LogP contribution in [0.3, 0.4) is 0 Å². The van der Waals surface area contributed by atoms with Crippen LogP contribution in [0.25, 0.3) is 10.9 Å². The van der Waals surface area contributed by atoms with E-state index in [9.17, 15) is 9.59 Å². The maximum atomic E-state index is 13.6. The van der Waals surface area contributed by atoms with E-state index in [4.69, 9.17) is 0 Å². The number of para-hydroxylation sites is 1. The normalized spacial score (nSPS) is 16.2. The second-order valence-electron chi connectivity index (χ2n) is 8.38. The number of carbonyl (C=O) groups is 2. The summed E-state index contributed by atoms with van der Waals surface area (Å²) in [4.78, 5) is 29.1. The van der Waals surface area contributed by atoms with E-state index in [1.54, 1.807) is 6.92 Å². The van der Waals surface area contributed by atoms with Gasteiger partial charge in [0.2, 0.25) is 5.91 Å². The Balaban J connectivity index is 1.69. The van der Waals surface area contributed by atoms with E-state index in [0.717, 1.165) is 23.0 Å². The number of amides is 2. The van der Waals surface area contributed by atoms with Crippen molar-refractivity contribution >= 4 is 22.7 Å². The molecule has 2 heterocycles. The molecule has 2 aromatic carbocycles. The summed E-state index contributed by atoms with van der Waals surface area (Å²) in [7, 11) is 0. The minimum Gasteiger partial charge on any atom is -0.342 e. The summed E-state index contributed by atoms with van der Waals surface area (Å²) in [6.07, 6.45) is 1.98. The zero-order valence-electron chi connectivity index (χ0n) is 17.3. The summed E-state index contributed by atoms with van der Waals surface area (Å²) in [5, 5.41) is 0.971. The van der Waals surface area contributed by atoms with Crippen LogP contribution in [0.2, 0.25) is 0 Å². The molecule has 29 heavy (non-hydrogen) atoms. The molecule has 1 aliphatic rings. The van der Waals surface area contributed by atoms with Crippen molar-refractivity contribution in [2.45, 2.75) is 32.9 Å². The van der Waals surface area contributed by atoms with E-state index >= 15 is 0 Å². The lowest BCUT2D eigenvalue weighted by Gasteiger charge is -2.46. The van der Waals surface area contributed by atoms with Gasteiger partial charge in [0.15, 0.2) is 0 Å². The lowest BCUT2D eigenvalue weighted by atomic mass is 9.97. The van der Waals surface area contributed by atoms with Crippen LogP contribution in [-0.2, 0) is 11.3 Å². The number of carbonyl (C=O) groups excluding carboxylic acids is 2. The zero-order valence-corrected chi connectivity index (χ0v) is 17.3. The zero-order chi connectivity index (χ0) is 20.6. The molecule has 0 saturated carbocycles. The SMILES string of the molecule is CC(=O)N1CCN(C(=O)c2cn(Cc3ccccc3)c3ccccc23)C(C)(C)C1. The van der Waals surface area contributed by atoms with E-state index in [0.29, 0.717) is 19.6 Å². The Hall–Kier alpha value is -3.08. The van der Waals surface area contributed by atoms with Crippen molar-refractivity contribution in [1.29, 1.82) is 0 Å². The molecular weight excluding hydrogens is 362 g/mol. The van der Waals surface area contributed by atoms with Gasteiger partial charge in [0, 0.05) is 50.2 Å². The Morgan fingerprint density at radius 3 is 2.34 bits per heavy atom. The first-order valence-electron chi connectivity index (χ1n) is 10.1. The van der Waals surface area contributed by atoms with E-state index in [-0.39, 0.29) is 11.8 Å². The van der Waals surface area contributed by atoms with Crippen molar-refractivity contribution in [2.24, 2.45) is 0 Å². The van der Waals surface area contributed by atoms with Gasteiger partial charge in [-0.1, -0.05) is 48.5 Å². The third-order valence-corrected chi connectivity index (χ3v) is 5.81. The van der Waals surface area contributed by atoms with Gasteiger partial charge in [0.25, 0.3) is 5.91 Å². The monoisotopic (exact) mass is 389 g/mol. The quantitative estimate of drug-likeness (QED) is 0.684. The van der Waals surface area contributed by atoms with Crippen LogP contribution in [0.15, 0.2) is 60.8 Å². The Kier molecular flexibility index (Phi) is 4.91. The summed E-state index contributed by atoms with van der Waals surface area (Å²) < 4.78 is 2.15. The maximum absolute atomic E-state index is 13.6. The molecule has 0 bridgehead atoms. The van der Waals surface area contributed by atoms with Crippen LogP contribution >= 0.6 is 0 Å². The van der Waals surface area contributed by atoms with Gasteiger partial charge in [0.1, 0.15) is 0 Å². The van der Waals surface area contributed by atoms with Gasteiger partial charge >= 0.3 is 0 Å². The Labute approximate surface area is 171 Å². The standard InChI is InChI=1S/C24H27N3O2/c1-18(28)25-13-14-27(24(2,3)17-25)23(29)21-16-26(15-19-9-5-4-6-10-19)22-12-8-7-11-20(21)22/h4-12,16H,13-15,17H2,1-3H3. The molecule has 1 fully saturated rings. The minimum atomic E-state index is -0.413. The topological polar surface area (TPSA) is 45.6 Å². The highest BCUT2D eigenvalue weighted by atomic mass is 16.2. The summed E-state index contributed by atoms with van der Waals surface area (Å²) in [6.45, 7) is 8.04. The van der Waals surface area contributed by atoms with E-state index in [2.05, 4.69) is 22.8 Å². The van der Waals surface area contributed by atoms with E-state index < -0.39 is 5.54 Å². The van der Waals surface area contributed by atoms with Crippen LogP contribution in [0.4, 0.5) is 0 Å². The molecule has 1 aromatic heterocycles. The predicted octanol–water partition coefficient (Wildman–Crippen LogP) is 3.77. The molecular formula is C24H27N3O2. The summed E-state index contributed by atoms with van der Waals surface area (Å²) in [6, 6.07) is 18.3. The average molecular weight is 389 g/mol. The summed E-state index contributed by atoms with van der Waals surface area (Å²) >= 11 is 0. The molecule has 5 nitrogen and oxygen atoms in total. The lowest BCUT2D eigenvalue weighted by molar-refractivity contribution is -0.133. The molecule has 0 N–H and O–H groups in total. The molecule has 150 valence electrons. The third kappa shape index (κ3) is 3.65. The molecule has 1 saturated heterocycles. The second kappa shape index (κ2) is 7.39. The van der Waals surface area contributed by atoms with Gasteiger partial charge < -0.3 is 14.4 Å². The van der Waals surface area contributed by atoms with Crippen LogP contribution in [0, 0.1) is 0 Å². The van der Waals surface area contributed by atoms with E-state index in [1.807, 2.05) is 66.2 Å². The minimum absolute atomic E-state index is 0.0289. The van der Waals surface area contributed by atoms with Crippen LogP contribution < -0.4 is 0 Å². The van der Waals surface area contributed by atoms with Crippen LogP contribution in [0.1, 0.15) is 36.7 Å².